The Hall–Kier alpha value is -2.23. The Morgan fingerprint density at radius 2 is 2.05 bits per heavy atom. The first-order valence-corrected chi connectivity index (χ1v) is 7.27. The highest BCUT2D eigenvalue weighted by Crippen LogP contribution is 2.33. The molecule has 110 valence electrons. The summed E-state index contributed by atoms with van der Waals surface area (Å²) in [7, 11) is 1.87. The molecule has 21 heavy (non-hydrogen) atoms. The van der Waals surface area contributed by atoms with E-state index in [4.69, 9.17) is 10.2 Å². The molecule has 1 aromatic carbocycles. The number of fused-ring (bicyclic) bond motifs is 1. The van der Waals surface area contributed by atoms with E-state index in [-0.39, 0.29) is 0 Å². The highest BCUT2D eigenvalue weighted by Gasteiger charge is 2.19. The number of anilines is 1. The van der Waals surface area contributed by atoms with Gasteiger partial charge in [-0.2, -0.15) is 5.10 Å². The zero-order valence-corrected chi connectivity index (χ0v) is 13.0. The van der Waals surface area contributed by atoms with Crippen molar-refractivity contribution in [2.24, 2.45) is 13.0 Å². The molecule has 0 aliphatic carbocycles. The maximum atomic E-state index is 6.17. The van der Waals surface area contributed by atoms with E-state index in [2.05, 4.69) is 38.0 Å². The third-order valence-corrected chi connectivity index (χ3v) is 3.71. The Morgan fingerprint density at radius 3 is 2.76 bits per heavy atom. The van der Waals surface area contributed by atoms with Gasteiger partial charge < -0.3 is 10.2 Å². The van der Waals surface area contributed by atoms with Gasteiger partial charge in [0.2, 0.25) is 0 Å². The SMILES string of the molecule is Cc1ccc2oc(-c3nn(C)c(N)c3CC(C)C)cc2c1. The summed E-state index contributed by atoms with van der Waals surface area (Å²) in [5.41, 5.74) is 10.2. The summed E-state index contributed by atoms with van der Waals surface area (Å²) in [6.07, 6.45) is 0.894. The van der Waals surface area contributed by atoms with Gasteiger partial charge in [-0.25, -0.2) is 0 Å². The summed E-state index contributed by atoms with van der Waals surface area (Å²) in [5.74, 6) is 2.02. The number of nitrogens with zero attached hydrogens (tertiary/aromatic N) is 2. The third-order valence-electron chi connectivity index (χ3n) is 3.71. The predicted octanol–water partition coefficient (Wildman–Crippen LogP) is 3.92. The molecule has 3 rings (SSSR count). The molecule has 0 aliphatic heterocycles. The first kappa shape index (κ1) is 13.7. The summed E-state index contributed by atoms with van der Waals surface area (Å²) in [6.45, 7) is 6.44. The van der Waals surface area contributed by atoms with Crippen LogP contribution >= 0.6 is 0 Å². The molecule has 0 radical (unpaired) electrons. The first-order valence-electron chi connectivity index (χ1n) is 7.27. The second-order valence-electron chi connectivity index (χ2n) is 6.09. The van der Waals surface area contributed by atoms with Gasteiger partial charge in [-0.1, -0.05) is 25.5 Å². The fourth-order valence-corrected chi connectivity index (χ4v) is 2.67. The molecule has 0 saturated heterocycles. The number of aromatic nitrogens is 2. The van der Waals surface area contributed by atoms with Crippen LogP contribution in [0.25, 0.3) is 22.4 Å². The van der Waals surface area contributed by atoms with E-state index in [1.54, 1.807) is 4.68 Å². The van der Waals surface area contributed by atoms with Crippen molar-refractivity contribution in [3.63, 3.8) is 0 Å². The van der Waals surface area contributed by atoms with Gasteiger partial charge in [0.1, 0.15) is 17.1 Å². The third kappa shape index (κ3) is 2.42. The largest absolute Gasteiger partial charge is 0.454 e. The van der Waals surface area contributed by atoms with Crippen LogP contribution in [-0.4, -0.2) is 9.78 Å². The molecule has 2 N–H and O–H groups in total. The van der Waals surface area contributed by atoms with Gasteiger partial charge in [0.15, 0.2) is 5.76 Å². The number of aryl methyl sites for hydroxylation is 2. The average Bonchev–Trinajstić information content (AvgIpc) is 2.94. The molecule has 2 heterocycles. The van der Waals surface area contributed by atoms with Crippen LogP contribution in [0.15, 0.2) is 28.7 Å². The lowest BCUT2D eigenvalue weighted by atomic mass is 10.0. The van der Waals surface area contributed by atoms with Gasteiger partial charge in [0.25, 0.3) is 0 Å². The lowest BCUT2D eigenvalue weighted by Gasteiger charge is -2.05. The van der Waals surface area contributed by atoms with Crippen LogP contribution in [0.5, 0.6) is 0 Å². The van der Waals surface area contributed by atoms with Gasteiger partial charge >= 0.3 is 0 Å². The number of nitrogens with two attached hydrogens (primary N) is 1. The van der Waals surface area contributed by atoms with E-state index in [9.17, 15) is 0 Å². The molecule has 0 atom stereocenters. The monoisotopic (exact) mass is 283 g/mol. The van der Waals surface area contributed by atoms with Crippen LogP contribution in [0, 0.1) is 12.8 Å². The van der Waals surface area contributed by atoms with E-state index < -0.39 is 0 Å². The molecule has 4 heteroatoms. The van der Waals surface area contributed by atoms with Gasteiger partial charge in [-0.3, -0.25) is 4.68 Å². The molecule has 0 saturated carbocycles. The highest BCUT2D eigenvalue weighted by molar-refractivity contribution is 5.83. The topological polar surface area (TPSA) is 57.0 Å². The minimum absolute atomic E-state index is 0.516. The zero-order chi connectivity index (χ0) is 15.1. The molecule has 3 aromatic rings. The van der Waals surface area contributed by atoms with Crippen molar-refractivity contribution in [1.29, 1.82) is 0 Å². The normalized spacial score (nSPS) is 11.7. The molecular formula is C17H21N3O. The van der Waals surface area contributed by atoms with Crippen molar-refractivity contribution in [3.05, 3.63) is 35.4 Å². The van der Waals surface area contributed by atoms with Gasteiger partial charge in [0.05, 0.1) is 0 Å². The fourth-order valence-electron chi connectivity index (χ4n) is 2.67. The standard InChI is InChI=1S/C17H21N3O/c1-10(2)7-13-16(19-20(4)17(13)18)15-9-12-8-11(3)5-6-14(12)21-15/h5-6,8-10H,7,18H2,1-4H3. The molecule has 0 spiro atoms. The molecule has 0 unspecified atom stereocenters. The van der Waals surface area contributed by atoms with Crippen LogP contribution in [0.2, 0.25) is 0 Å². The molecule has 0 fully saturated rings. The Morgan fingerprint density at radius 1 is 1.29 bits per heavy atom. The van der Waals surface area contributed by atoms with Crippen molar-refractivity contribution in [3.8, 4) is 11.5 Å². The second kappa shape index (κ2) is 4.95. The van der Waals surface area contributed by atoms with Crippen molar-refractivity contribution in [1.82, 2.24) is 9.78 Å². The zero-order valence-electron chi connectivity index (χ0n) is 13.0. The predicted molar refractivity (Wildman–Crippen MR) is 86.1 cm³/mol. The molecule has 2 aromatic heterocycles. The number of furan rings is 1. The Kier molecular flexibility index (Phi) is 3.24. The van der Waals surface area contributed by atoms with Crippen LogP contribution < -0.4 is 5.73 Å². The smallest absolute Gasteiger partial charge is 0.156 e. The number of hydrogen-bond acceptors (Lipinski definition) is 3. The second-order valence-corrected chi connectivity index (χ2v) is 6.09. The quantitative estimate of drug-likeness (QED) is 0.792. The summed E-state index contributed by atoms with van der Waals surface area (Å²) in [6, 6.07) is 8.23. The molecular weight excluding hydrogens is 262 g/mol. The summed E-state index contributed by atoms with van der Waals surface area (Å²) >= 11 is 0. The van der Waals surface area contributed by atoms with Crippen molar-refractivity contribution >= 4 is 16.8 Å². The molecule has 0 aliphatic rings. The van der Waals surface area contributed by atoms with E-state index >= 15 is 0 Å². The summed E-state index contributed by atoms with van der Waals surface area (Å²) in [5, 5.41) is 5.65. The van der Waals surface area contributed by atoms with E-state index in [1.165, 1.54) is 5.56 Å². The lowest BCUT2D eigenvalue weighted by molar-refractivity contribution is 0.619. The fraction of sp³-hybridized carbons (Fsp3) is 0.353. The lowest BCUT2D eigenvalue weighted by Crippen LogP contribution is -2.01. The highest BCUT2D eigenvalue weighted by atomic mass is 16.3. The summed E-state index contributed by atoms with van der Waals surface area (Å²) < 4.78 is 7.70. The minimum Gasteiger partial charge on any atom is -0.454 e. The number of nitrogen functional groups attached to an aromatic ring is 1. The van der Waals surface area contributed by atoms with Crippen molar-refractivity contribution in [2.45, 2.75) is 27.2 Å². The van der Waals surface area contributed by atoms with E-state index in [0.717, 1.165) is 40.2 Å². The first-order chi connectivity index (χ1) is 9.95. The average molecular weight is 283 g/mol. The van der Waals surface area contributed by atoms with E-state index in [0.29, 0.717) is 5.92 Å². The molecule has 4 nitrogen and oxygen atoms in total. The Bertz CT molecular complexity index is 796. The number of hydrogen-bond donors (Lipinski definition) is 1. The van der Waals surface area contributed by atoms with E-state index in [1.807, 2.05) is 19.2 Å². The summed E-state index contributed by atoms with van der Waals surface area (Å²) in [4.78, 5) is 0. The Balaban J connectivity index is 2.15. The molecule has 0 bridgehead atoms. The maximum absolute atomic E-state index is 6.17. The van der Waals surface area contributed by atoms with Gasteiger partial charge in [0, 0.05) is 18.0 Å². The molecule has 0 amide bonds. The Labute approximate surface area is 124 Å². The maximum Gasteiger partial charge on any atom is 0.156 e. The number of rotatable bonds is 3. The van der Waals surface area contributed by atoms with Gasteiger partial charge in [-0.05, 0) is 37.5 Å². The van der Waals surface area contributed by atoms with Crippen molar-refractivity contribution in [2.75, 3.05) is 5.73 Å². The van der Waals surface area contributed by atoms with Crippen LogP contribution in [0.1, 0.15) is 25.0 Å². The van der Waals surface area contributed by atoms with Crippen LogP contribution in [0.4, 0.5) is 5.82 Å². The van der Waals surface area contributed by atoms with Crippen molar-refractivity contribution < 1.29 is 4.42 Å². The van der Waals surface area contributed by atoms with Crippen LogP contribution in [0.3, 0.4) is 0 Å². The van der Waals surface area contributed by atoms with Gasteiger partial charge in [-0.15, -0.1) is 0 Å². The minimum atomic E-state index is 0.516. The number of benzene rings is 1. The van der Waals surface area contributed by atoms with Crippen LogP contribution in [-0.2, 0) is 13.5 Å².